The summed E-state index contributed by atoms with van der Waals surface area (Å²) in [5.74, 6) is 0.396. The summed E-state index contributed by atoms with van der Waals surface area (Å²) in [6.45, 7) is 0. The van der Waals surface area contributed by atoms with Crippen molar-refractivity contribution in [2.24, 2.45) is 11.7 Å². The van der Waals surface area contributed by atoms with Gasteiger partial charge in [0.25, 0.3) is 0 Å². The van der Waals surface area contributed by atoms with E-state index >= 15 is 0 Å². The molecule has 2 rings (SSSR count). The van der Waals surface area contributed by atoms with Crippen LogP contribution in [-0.2, 0) is 6.42 Å². The van der Waals surface area contributed by atoms with Crippen LogP contribution < -0.4 is 5.73 Å². The maximum atomic E-state index is 12.9. The summed E-state index contributed by atoms with van der Waals surface area (Å²) in [6.07, 6.45) is 6.94. The Morgan fingerprint density at radius 3 is 2.71 bits per heavy atom. The van der Waals surface area contributed by atoms with Crippen molar-refractivity contribution in [3.8, 4) is 0 Å². The molecule has 3 heteroatoms. The summed E-state index contributed by atoms with van der Waals surface area (Å²) < 4.78 is 12.9. The summed E-state index contributed by atoms with van der Waals surface area (Å²) in [6, 6.07) is 4.86. The molecule has 1 atom stereocenters. The second-order valence-corrected chi connectivity index (χ2v) is 5.39. The van der Waals surface area contributed by atoms with Crippen LogP contribution in [0.1, 0.15) is 37.7 Å². The van der Waals surface area contributed by atoms with Crippen LogP contribution in [0.3, 0.4) is 0 Å². The molecular formula is C14H19ClFN. The Hall–Kier alpha value is -0.600. The van der Waals surface area contributed by atoms with Crippen LogP contribution in [0, 0.1) is 11.7 Å². The van der Waals surface area contributed by atoms with Gasteiger partial charge in [0.05, 0.1) is 0 Å². The van der Waals surface area contributed by atoms with Crippen LogP contribution in [0.5, 0.6) is 0 Å². The van der Waals surface area contributed by atoms with E-state index in [-0.39, 0.29) is 11.9 Å². The van der Waals surface area contributed by atoms with E-state index in [2.05, 4.69) is 0 Å². The van der Waals surface area contributed by atoms with Crippen molar-refractivity contribution in [2.45, 2.75) is 44.6 Å². The number of nitrogens with two attached hydrogens (primary N) is 1. The van der Waals surface area contributed by atoms with E-state index < -0.39 is 0 Å². The van der Waals surface area contributed by atoms with Crippen LogP contribution in [0.2, 0.25) is 5.02 Å². The maximum absolute atomic E-state index is 12.9. The highest BCUT2D eigenvalue weighted by atomic mass is 35.5. The zero-order valence-electron chi connectivity index (χ0n) is 9.96. The summed E-state index contributed by atoms with van der Waals surface area (Å²) in [5.41, 5.74) is 7.19. The van der Waals surface area contributed by atoms with E-state index in [0.717, 1.165) is 18.4 Å². The van der Waals surface area contributed by atoms with Crippen LogP contribution in [0.25, 0.3) is 0 Å². The number of aryl methyl sites for hydroxylation is 1. The van der Waals surface area contributed by atoms with Gasteiger partial charge in [0.1, 0.15) is 5.82 Å². The lowest BCUT2D eigenvalue weighted by Crippen LogP contribution is -2.28. The molecule has 1 aliphatic rings. The van der Waals surface area contributed by atoms with Gasteiger partial charge in [-0.3, -0.25) is 0 Å². The van der Waals surface area contributed by atoms with Gasteiger partial charge in [-0.05, 0) is 49.3 Å². The third-order valence-electron chi connectivity index (χ3n) is 3.77. The Morgan fingerprint density at radius 2 is 2.06 bits per heavy atom. The molecule has 0 amide bonds. The smallest absolute Gasteiger partial charge is 0.124 e. The lowest BCUT2D eigenvalue weighted by atomic mass is 9.93. The first-order chi connectivity index (χ1) is 8.16. The molecule has 1 aromatic carbocycles. The average molecular weight is 256 g/mol. The van der Waals surface area contributed by atoms with Gasteiger partial charge in [-0.15, -0.1) is 0 Å². The van der Waals surface area contributed by atoms with E-state index in [9.17, 15) is 4.39 Å². The van der Waals surface area contributed by atoms with Crippen molar-refractivity contribution in [1.82, 2.24) is 0 Å². The highest BCUT2D eigenvalue weighted by Crippen LogP contribution is 2.29. The monoisotopic (exact) mass is 255 g/mol. The van der Waals surface area contributed by atoms with Crippen LogP contribution in [0.15, 0.2) is 18.2 Å². The Labute approximate surface area is 107 Å². The first kappa shape index (κ1) is 12.8. The van der Waals surface area contributed by atoms with Crippen molar-refractivity contribution in [3.63, 3.8) is 0 Å². The molecule has 0 aromatic heterocycles. The summed E-state index contributed by atoms with van der Waals surface area (Å²) in [7, 11) is 0. The quantitative estimate of drug-likeness (QED) is 0.867. The first-order valence-electron chi connectivity index (χ1n) is 6.36. The Balaban J connectivity index is 1.88. The average Bonchev–Trinajstić information content (AvgIpc) is 2.81. The lowest BCUT2D eigenvalue weighted by molar-refractivity contribution is 0.410. The molecular weight excluding hydrogens is 237 g/mol. The van der Waals surface area contributed by atoms with Crippen LogP contribution in [-0.4, -0.2) is 6.04 Å². The second kappa shape index (κ2) is 5.83. The van der Waals surface area contributed by atoms with Crippen LogP contribution >= 0.6 is 11.6 Å². The van der Waals surface area contributed by atoms with E-state index in [0.29, 0.717) is 10.9 Å². The molecule has 0 bridgehead atoms. The molecule has 1 aliphatic carbocycles. The van der Waals surface area contributed by atoms with E-state index in [4.69, 9.17) is 17.3 Å². The molecule has 0 spiro atoms. The maximum Gasteiger partial charge on any atom is 0.124 e. The SMILES string of the molecule is NC(CCc1ccc(F)cc1Cl)C1CCCC1. The highest BCUT2D eigenvalue weighted by molar-refractivity contribution is 6.31. The molecule has 1 nitrogen and oxygen atoms in total. The molecule has 1 unspecified atom stereocenters. The molecule has 0 saturated heterocycles. The van der Waals surface area contributed by atoms with Gasteiger partial charge in [0.2, 0.25) is 0 Å². The van der Waals surface area contributed by atoms with Crippen LogP contribution in [0.4, 0.5) is 4.39 Å². The Morgan fingerprint density at radius 1 is 1.35 bits per heavy atom. The molecule has 1 aromatic rings. The predicted molar refractivity (Wildman–Crippen MR) is 69.7 cm³/mol. The van der Waals surface area contributed by atoms with Gasteiger partial charge in [-0.25, -0.2) is 4.39 Å². The van der Waals surface area contributed by atoms with Gasteiger partial charge in [0.15, 0.2) is 0 Å². The number of hydrogen-bond donors (Lipinski definition) is 1. The Bertz CT molecular complexity index is 374. The molecule has 0 heterocycles. The molecule has 1 saturated carbocycles. The minimum Gasteiger partial charge on any atom is -0.327 e. The normalized spacial score (nSPS) is 18.5. The molecule has 1 fully saturated rings. The molecule has 2 N–H and O–H groups in total. The number of halogens is 2. The van der Waals surface area contributed by atoms with Crippen molar-refractivity contribution in [1.29, 1.82) is 0 Å². The predicted octanol–water partition coefficient (Wildman–Crippen LogP) is 3.93. The van der Waals surface area contributed by atoms with Gasteiger partial charge in [-0.1, -0.05) is 30.5 Å². The third-order valence-corrected chi connectivity index (χ3v) is 4.12. The molecule has 0 aliphatic heterocycles. The molecule has 0 radical (unpaired) electrons. The molecule has 17 heavy (non-hydrogen) atoms. The topological polar surface area (TPSA) is 26.0 Å². The standard InChI is InChI=1S/C14H19ClFN/c15-13-9-12(16)7-5-10(13)6-8-14(17)11-3-1-2-4-11/h5,7,9,11,14H,1-4,6,8,17H2. The minimum atomic E-state index is -0.279. The van der Waals surface area contributed by atoms with Crippen molar-refractivity contribution < 1.29 is 4.39 Å². The third kappa shape index (κ3) is 3.43. The zero-order chi connectivity index (χ0) is 12.3. The number of benzene rings is 1. The summed E-state index contributed by atoms with van der Waals surface area (Å²) in [4.78, 5) is 0. The molecule has 94 valence electrons. The highest BCUT2D eigenvalue weighted by Gasteiger charge is 2.21. The van der Waals surface area contributed by atoms with Crippen molar-refractivity contribution in [2.75, 3.05) is 0 Å². The fourth-order valence-electron chi connectivity index (χ4n) is 2.67. The van der Waals surface area contributed by atoms with Gasteiger partial charge in [0, 0.05) is 11.1 Å². The van der Waals surface area contributed by atoms with Crippen molar-refractivity contribution in [3.05, 3.63) is 34.6 Å². The summed E-state index contributed by atoms with van der Waals surface area (Å²) >= 11 is 5.99. The number of rotatable bonds is 4. The fraction of sp³-hybridized carbons (Fsp3) is 0.571. The first-order valence-corrected chi connectivity index (χ1v) is 6.74. The number of hydrogen-bond acceptors (Lipinski definition) is 1. The lowest BCUT2D eigenvalue weighted by Gasteiger charge is -2.18. The van der Waals surface area contributed by atoms with Gasteiger partial charge in [-0.2, -0.15) is 0 Å². The van der Waals surface area contributed by atoms with E-state index in [1.54, 1.807) is 6.07 Å². The fourth-order valence-corrected chi connectivity index (χ4v) is 2.93. The van der Waals surface area contributed by atoms with E-state index in [1.807, 2.05) is 0 Å². The largest absolute Gasteiger partial charge is 0.327 e. The van der Waals surface area contributed by atoms with E-state index in [1.165, 1.54) is 37.8 Å². The Kier molecular flexibility index (Phi) is 4.41. The van der Waals surface area contributed by atoms with Gasteiger partial charge >= 0.3 is 0 Å². The summed E-state index contributed by atoms with van der Waals surface area (Å²) in [5, 5.41) is 0.517. The zero-order valence-corrected chi connectivity index (χ0v) is 10.7. The van der Waals surface area contributed by atoms with Crippen molar-refractivity contribution >= 4 is 11.6 Å². The minimum absolute atomic E-state index is 0.263. The van der Waals surface area contributed by atoms with Gasteiger partial charge < -0.3 is 5.73 Å². The second-order valence-electron chi connectivity index (χ2n) is 4.98.